The molecule has 0 radical (unpaired) electrons. The molecular weight excluding hydrogens is 228 g/mol. The lowest BCUT2D eigenvalue weighted by molar-refractivity contribution is 0.174. The summed E-state index contributed by atoms with van der Waals surface area (Å²) in [6.45, 7) is 0. The van der Waals surface area contributed by atoms with Crippen LogP contribution in [-0.2, 0) is 12.8 Å². The summed E-state index contributed by atoms with van der Waals surface area (Å²) in [5, 5.41) is 9.98. The maximum atomic E-state index is 9.98. The number of aliphatic hydroxyl groups is 1. The SMILES string of the molecule is COc1ccc(CC(O)Cc2ccccn2)cn1. The Morgan fingerprint density at radius 1 is 1.17 bits per heavy atom. The van der Waals surface area contributed by atoms with E-state index in [0.717, 1.165) is 11.3 Å². The van der Waals surface area contributed by atoms with Gasteiger partial charge in [-0.2, -0.15) is 0 Å². The van der Waals surface area contributed by atoms with Gasteiger partial charge >= 0.3 is 0 Å². The molecule has 0 amide bonds. The highest BCUT2D eigenvalue weighted by Crippen LogP contribution is 2.10. The predicted octanol–water partition coefficient (Wildman–Crippen LogP) is 1.63. The third-order valence-corrected chi connectivity index (χ3v) is 2.65. The maximum absolute atomic E-state index is 9.98. The molecule has 94 valence electrons. The molecule has 0 aliphatic heterocycles. The van der Waals surface area contributed by atoms with Crippen molar-refractivity contribution < 1.29 is 9.84 Å². The van der Waals surface area contributed by atoms with Crippen LogP contribution < -0.4 is 4.74 Å². The molecule has 0 spiro atoms. The molecule has 2 rings (SSSR count). The number of hydrogen-bond acceptors (Lipinski definition) is 4. The van der Waals surface area contributed by atoms with Crippen molar-refractivity contribution in [1.29, 1.82) is 0 Å². The van der Waals surface area contributed by atoms with Gasteiger partial charge in [-0.05, 0) is 17.7 Å². The Morgan fingerprint density at radius 3 is 2.67 bits per heavy atom. The molecule has 18 heavy (non-hydrogen) atoms. The van der Waals surface area contributed by atoms with Crippen molar-refractivity contribution in [2.45, 2.75) is 18.9 Å². The van der Waals surface area contributed by atoms with Gasteiger partial charge in [-0.3, -0.25) is 4.98 Å². The van der Waals surface area contributed by atoms with Gasteiger partial charge in [-0.15, -0.1) is 0 Å². The van der Waals surface area contributed by atoms with E-state index in [2.05, 4.69) is 9.97 Å². The minimum absolute atomic E-state index is 0.449. The Kier molecular flexibility index (Phi) is 4.25. The van der Waals surface area contributed by atoms with Crippen LogP contribution in [0.3, 0.4) is 0 Å². The average molecular weight is 244 g/mol. The van der Waals surface area contributed by atoms with Crippen LogP contribution in [0.15, 0.2) is 42.7 Å². The number of pyridine rings is 2. The first-order valence-electron chi connectivity index (χ1n) is 5.85. The monoisotopic (exact) mass is 244 g/mol. The molecule has 0 saturated carbocycles. The lowest BCUT2D eigenvalue weighted by Gasteiger charge is -2.10. The fraction of sp³-hybridized carbons (Fsp3) is 0.286. The summed E-state index contributed by atoms with van der Waals surface area (Å²) in [5.74, 6) is 0.581. The number of nitrogens with zero attached hydrogens (tertiary/aromatic N) is 2. The van der Waals surface area contributed by atoms with Gasteiger partial charge in [-0.25, -0.2) is 4.98 Å². The van der Waals surface area contributed by atoms with Gasteiger partial charge in [0.25, 0.3) is 0 Å². The Hall–Kier alpha value is -1.94. The average Bonchev–Trinajstić information content (AvgIpc) is 2.40. The Labute approximate surface area is 106 Å². The molecule has 0 saturated heterocycles. The van der Waals surface area contributed by atoms with Crippen LogP contribution in [-0.4, -0.2) is 28.3 Å². The molecule has 0 aliphatic carbocycles. The lowest BCUT2D eigenvalue weighted by atomic mass is 10.1. The molecule has 4 nitrogen and oxygen atoms in total. The predicted molar refractivity (Wildman–Crippen MR) is 68.4 cm³/mol. The fourth-order valence-corrected chi connectivity index (χ4v) is 1.76. The minimum atomic E-state index is -0.449. The zero-order valence-corrected chi connectivity index (χ0v) is 10.3. The van der Waals surface area contributed by atoms with Gasteiger partial charge in [0.15, 0.2) is 0 Å². The summed E-state index contributed by atoms with van der Waals surface area (Å²) in [5.41, 5.74) is 1.88. The van der Waals surface area contributed by atoms with E-state index in [4.69, 9.17) is 4.74 Å². The third-order valence-electron chi connectivity index (χ3n) is 2.65. The van der Waals surface area contributed by atoms with Gasteiger partial charge in [0.1, 0.15) is 0 Å². The number of aromatic nitrogens is 2. The number of rotatable bonds is 5. The molecule has 2 heterocycles. The van der Waals surface area contributed by atoms with Gasteiger partial charge in [0, 0.05) is 37.0 Å². The largest absolute Gasteiger partial charge is 0.481 e. The number of hydrogen-bond donors (Lipinski definition) is 1. The van der Waals surface area contributed by atoms with Crippen LogP contribution in [0.25, 0.3) is 0 Å². The maximum Gasteiger partial charge on any atom is 0.212 e. The number of aliphatic hydroxyl groups excluding tert-OH is 1. The molecule has 4 heteroatoms. The first-order chi connectivity index (χ1) is 8.78. The van der Waals surface area contributed by atoms with Crippen molar-refractivity contribution in [2.24, 2.45) is 0 Å². The Bertz CT molecular complexity index is 471. The topological polar surface area (TPSA) is 55.2 Å². The van der Waals surface area contributed by atoms with E-state index in [1.165, 1.54) is 0 Å². The normalized spacial score (nSPS) is 12.1. The highest BCUT2D eigenvalue weighted by atomic mass is 16.5. The van der Waals surface area contributed by atoms with Crippen molar-refractivity contribution >= 4 is 0 Å². The molecule has 0 bridgehead atoms. The van der Waals surface area contributed by atoms with E-state index in [9.17, 15) is 5.11 Å². The molecule has 0 fully saturated rings. The van der Waals surface area contributed by atoms with Crippen LogP contribution in [0.1, 0.15) is 11.3 Å². The van der Waals surface area contributed by atoms with Crippen LogP contribution in [0, 0.1) is 0 Å². The Balaban J connectivity index is 1.92. The zero-order chi connectivity index (χ0) is 12.8. The number of ether oxygens (including phenoxy) is 1. The van der Waals surface area contributed by atoms with Gasteiger partial charge in [-0.1, -0.05) is 12.1 Å². The highest BCUT2D eigenvalue weighted by molar-refractivity contribution is 5.18. The quantitative estimate of drug-likeness (QED) is 0.868. The van der Waals surface area contributed by atoms with Crippen LogP contribution in [0.4, 0.5) is 0 Å². The highest BCUT2D eigenvalue weighted by Gasteiger charge is 2.08. The van der Waals surface area contributed by atoms with Crippen molar-refractivity contribution in [1.82, 2.24) is 9.97 Å². The summed E-state index contributed by atoms with van der Waals surface area (Å²) in [6, 6.07) is 9.40. The van der Waals surface area contributed by atoms with Crippen molar-refractivity contribution in [2.75, 3.05) is 7.11 Å². The molecular formula is C14H16N2O2. The third kappa shape index (κ3) is 3.53. The van der Waals surface area contributed by atoms with Crippen LogP contribution in [0.2, 0.25) is 0 Å². The van der Waals surface area contributed by atoms with E-state index in [-0.39, 0.29) is 0 Å². The second kappa shape index (κ2) is 6.12. The van der Waals surface area contributed by atoms with E-state index >= 15 is 0 Å². The fourth-order valence-electron chi connectivity index (χ4n) is 1.76. The first-order valence-corrected chi connectivity index (χ1v) is 5.85. The van der Waals surface area contributed by atoms with E-state index in [1.54, 1.807) is 25.6 Å². The molecule has 1 atom stereocenters. The minimum Gasteiger partial charge on any atom is -0.481 e. The summed E-state index contributed by atoms with van der Waals surface area (Å²) in [4.78, 5) is 8.30. The smallest absolute Gasteiger partial charge is 0.212 e. The summed E-state index contributed by atoms with van der Waals surface area (Å²) >= 11 is 0. The lowest BCUT2D eigenvalue weighted by Crippen LogP contribution is -2.14. The molecule has 2 aromatic rings. The molecule has 0 aliphatic rings. The van der Waals surface area contributed by atoms with Crippen LogP contribution >= 0.6 is 0 Å². The van der Waals surface area contributed by atoms with Gasteiger partial charge in [0.2, 0.25) is 5.88 Å². The Morgan fingerprint density at radius 2 is 2.06 bits per heavy atom. The van der Waals surface area contributed by atoms with E-state index in [0.29, 0.717) is 18.7 Å². The summed E-state index contributed by atoms with van der Waals surface area (Å²) in [7, 11) is 1.58. The number of methoxy groups -OCH3 is 1. The second-order valence-corrected chi connectivity index (χ2v) is 4.09. The first kappa shape index (κ1) is 12.5. The van der Waals surface area contributed by atoms with Crippen LogP contribution in [0.5, 0.6) is 5.88 Å². The molecule has 1 N–H and O–H groups in total. The van der Waals surface area contributed by atoms with Gasteiger partial charge in [0.05, 0.1) is 13.2 Å². The van der Waals surface area contributed by atoms with Crippen molar-refractivity contribution in [3.05, 3.63) is 54.0 Å². The van der Waals surface area contributed by atoms with Crippen molar-refractivity contribution in [3.8, 4) is 5.88 Å². The summed E-state index contributed by atoms with van der Waals surface area (Å²) < 4.78 is 4.99. The van der Waals surface area contributed by atoms with E-state index in [1.807, 2.05) is 24.3 Å². The standard InChI is InChI=1S/C14H16N2O2/c1-18-14-6-5-11(10-16-14)8-13(17)9-12-4-2-3-7-15-12/h2-7,10,13,17H,8-9H2,1H3. The molecule has 2 aromatic heterocycles. The van der Waals surface area contributed by atoms with Gasteiger partial charge < -0.3 is 9.84 Å². The summed E-state index contributed by atoms with van der Waals surface area (Å²) in [6.07, 6.45) is 4.12. The van der Waals surface area contributed by atoms with E-state index < -0.39 is 6.10 Å². The zero-order valence-electron chi connectivity index (χ0n) is 10.3. The van der Waals surface area contributed by atoms with Crippen molar-refractivity contribution in [3.63, 3.8) is 0 Å². The molecule has 1 unspecified atom stereocenters. The second-order valence-electron chi connectivity index (χ2n) is 4.09. The molecule has 0 aromatic carbocycles.